The third-order valence-corrected chi connectivity index (χ3v) is 3.50. The van der Waals surface area contributed by atoms with Crippen LogP contribution in [-0.2, 0) is 0 Å². The third-order valence-electron chi connectivity index (χ3n) is 2.88. The van der Waals surface area contributed by atoms with Gasteiger partial charge in [0.25, 0.3) is 0 Å². The van der Waals surface area contributed by atoms with Gasteiger partial charge in [-0.1, -0.05) is 12.1 Å². The standard InChI is InChI=1S/C14H16FN3OS/c1-9(14(19)10-3-5-11(15)6-4-10)17-12-7-16-8-13(18-12)20-2/h3-9,14,19H,1-2H3,(H,17,18)/t9-,14+/m0/s1. The number of benzene rings is 1. The van der Waals surface area contributed by atoms with Crippen LogP contribution < -0.4 is 5.32 Å². The van der Waals surface area contributed by atoms with Crippen LogP contribution in [0.15, 0.2) is 41.7 Å². The molecule has 2 atom stereocenters. The zero-order valence-electron chi connectivity index (χ0n) is 11.2. The molecular formula is C14H16FN3OS. The normalized spacial score (nSPS) is 13.8. The molecule has 0 aliphatic heterocycles. The molecule has 0 radical (unpaired) electrons. The Hall–Kier alpha value is -1.66. The summed E-state index contributed by atoms with van der Waals surface area (Å²) in [4.78, 5) is 8.41. The minimum absolute atomic E-state index is 0.271. The third kappa shape index (κ3) is 3.68. The van der Waals surface area contributed by atoms with Gasteiger partial charge >= 0.3 is 0 Å². The average molecular weight is 293 g/mol. The van der Waals surface area contributed by atoms with Crippen molar-refractivity contribution in [1.82, 2.24) is 9.97 Å². The molecule has 0 saturated carbocycles. The molecular weight excluding hydrogens is 277 g/mol. The Morgan fingerprint density at radius 2 is 1.95 bits per heavy atom. The first kappa shape index (κ1) is 14.7. The number of halogens is 1. The van der Waals surface area contributed by atoms with Gasteiger partial charge in [0.05, 0.1) is 24.5 Å². The first-order valence-electron chi connectivity index (χ1n) is 6.16. The molecule has 2 aromatic rings. The van der Waals surface area contributed by atoms with Gasteiger partial charge in [-0.2, -0.15) is 0 Å². The predicted molar refractivity (Wildman–Crippen MR) is 78.3 cm³/mol. The summed E-state index contributed by atoms with van der Waals surface area (Å²) in [6, 6.07) is 5.54. The smallest absolute Gasteiger partial charge is 0.146 e. The predicted octanol–water partition coefficient (Wildman–Crippen LogP) is 2.87. The van der Waals surface area contributed by atoms with Gasteiger partial charge in [-0.3, -0.25) is 4.98 Å². The molecule has 0 bridgehead atoms. The van der Waals surface area contributed by atoms with Gasteiger partial charge in [-0.15, -0.1) is 11.8 Å². The molecule has 0 amide bonds. The summed E-state index contributed by atoms with van der Waals surface area (Å²) < 4.78 is 12.9. The van der Waals surface area contributed by atoms with E-state index in [2.05, 4.69) is 15.3 Å². The SMILES string of the molecule is CSc1cncc(N[C@@H](C)[C@@H](O)c2ccc(F)cc2)n1. The van der Waals surface area contributed by atoms with E-state index in [0.717, 1.165) is 5.03 Å². The molecule has 0 saturated heterocycles. The summed E-state index contributed by atoms with van der Waals surface area (Å²) in [5.74, 6) is 0.283. The van der Waals surface area contributed by atoms with Crippen LogP contribution in [0.5, 0.6) is 0 Å². The van der Waals surface area contributed by atoms with Gasteiger partial charge in [-0.25, -0.2) is 9.37 Å². The van der Waals surface area contributed by atoms with Crippen molar-refractivity contribution in [1.29, 1.82) is 0 Å². The van der Waals surface area contributed by atoms with Crippen molar-refractivity contribution in [3.8, 4) is 0 Å². The highest BCUT2D eigenvalue weighted by Gasteiger charge is 2.17. The minimum atomic E-state index is -0.754. The molecule has 6 heteroatoms. The number of hydrogen-bond acceptors (Lipinski definition) is 5. The monoisotopic (exact) mass is 293 g/mol. The maximum absolute atomic E-state index is 12.9. The summed E-state index contributed by atoms with van der Waals surface area (Å²) in [6.07, 6.45) is 4.45. The second kappa shape index (κ2) is 6.67. The number of rotatable bonds is 5. The van der Waals surface area contributed by atoms with E-state index in [9.17, 15) is 9.50 Å². The molecule has 0 aliphatic carbocycles. The maximum atomic E-state index is 12.9. The zero-order chi connectivity index (χ0) is 14.5. The number of hydrogen-bond donors (Lipinski definition) is 2. The lowest BCUT2D eigenvalue weighted by atomic mass is 10.0. The Morgan fingerprint density at radius 1 is 1.25 bits per heavy atom. The van der Waals surface area contributed by atoms with Crippen molar-refractivity contribution in [2.45, 2.75) is 24.1 Å². The number of anilines is 1. The highest BCUT2D eigenvalue weighted by molar-refractivity contribution is 7.98. The summed E-state index contributed by atoms with van der Waals surface area (Å²) in [7, 11) is 0. The van der Waals surface area contributed by atoms with E-state index in [4.69, 9.17) is 0 Å². The second-order valence-electron chi connectivity index (χ2n) is 4.38. The van der Waals surface area contributed by atoms with E-state index < -0.39 is 6.10 Å². The molecule has 0 aliphatic rings. The Morgan fingerprint density at radius 3 is 2.60 bits per heavy atom. The summed E-state index contributed by atoms with van der Waals surface area (Å²) in [6.45, 7) is 1.83. The van der Waals surface area contributed by atoms with Crippen LogP contribution in [0.1, 0.15) is 18.6 Å². The van der Waals surface area contributed by atoms with Gasteiger partial charge in [0.1, 0.15) is 16.7 Å². The molecule has 1 heterocycles. The van der Waals surface area contributed by atoms with Gasteiger partial charge in [0.2, 0.25) is 0 Å². The molecule has 20 heavy (non-hydrogen) atoms. The van der Waals surface area contributed by atoms with Crippen molar-refractivity contribution in [2.75, 3.05) is 11.6 Å². The number of nitrogens with zero attached hydrogens (tertiary/aromatic N) is 2. The van der Waals surface area contributed by atoms with E-state index in [1.807, 2.05) is 13.2 Å². The molecule has 0 spiro atoms. The van der Waals surface area contributed by atoms with Crippen LogP contribution in [0.3, 0.4) is 0 Å². The highest BCUT2D eigenvalue weighted by Crippen LogP contribution is 2.20. The first-order chi connectivity index (χ1) is 9.60. The first-order valence-corrected chi connectivity index (χ1v) is 7.38. The van der Waals surface area contributed by atoms with Crippen molar-refractivity contribution in [3.63, 3.8) is 0 Å². The number of nitrogens with one attached hydrogen (secondary N) is 1. The number of aromatic nitrogens is 2. The zero-order valence-corrected chi connectivity index (χ0v) is 12.1. The molecule has 0 fully saturated rings. The van der Waals surface area contributed by atoms with Gasteiger partial charge in [0.15, 0.2) is 0 Å². The molecule has 1 aromatic carbocycles. The highest BCUT2D eigenvalue weighted by atomic mass is 32.2. The summed E-state index contributed by atoms with van der Waals surface area (Å²) in [5.41, 5.74) is 0.653. The quantitative estimate of drug-likeness (QED) is 0.830. The van der Waals surface area contributed by atoms with Crippen molar-refractivity contribution >= 4 is 17.6 Å². The fraction of sp³-hybridized carbons (Fsp3) is 0.286. The Kier molecular flexibility index (Phi) is 4.92. The Labute approximate surface area is 121 Å². The van der Waals surface area contributed by atoms with Crippen molar-refractivity contribution < 1.29 is 9.50 Å². The fourth-order valence-corrected chi connectivity index (χ4v) is 2.13. The van der Waals surface area contributed by atoms with Crippen LogP contribution in [0, 0.1) is 5.82 Å². The molecule has 2 N–H and O–H groups in total. The van der Waals surface area contributed by atoms with Crippen molar-refractivity contribution in [3.05, 3.63) is 48.0 Å². The number of aliphatic hydroxyl groups excluding tert-OH is 1. The van der Waals surface area contributed by atoms with Gasteiger partial charge in [0, 0.05) is 0 Å². The fourth-order valence-electron chi connectivity index (χ4n) is 1.78. The molecule has 1 aromatic heterocycles. The van der Waals surface area contributed by atoms with E-state index in [1.54, 1.807) is 24.5 Å². The lowest BCUT2D eigenvalue weighted by Crippen LogP contribution is -2.24. The second-order valence-corrected chi connectivity index (χ2v) is 5.20. The molecule has 2 rings (SSSR count). The molecule has 4 nitrogen and oxygen atoms in total. The lowest BCUT2D eigenvalue weighted by Gasteiger charge is -2.21. The van der Waals surface area contributed by atoms with E-state index in [-0.39, 0.29) is 11.9 Å². The summed E-state index contributed by atoms with van der Waals surface area (Å²) in [5, 5.41) is 14.1. The van der Waals surface area contributed by atoms with Gasteiger partial charge < -0.3 is 10.4 Å². The van der Waals surface area contributed by atoms with Crippen LogP contribution >= 0.6 is 11.8 Å². The van der Waals surface area contributed by atoms with E-state index in [1.165, 1.54) is 23.9 Å². The van der Waals surface area contributed by atoms with Crippen LogP contribution in [0.2, 0.25) is 0 Å². The summed E-state index contributed by atoms with van der Waals surface area (Å²) >= 11 is 1.50. The molecule has 106 valence electrons. The van der Waals surface area contributed by atoms with Gasteiger partial charge in [-0.05, 0) is 30.9 Å². The van der Waals surface area contributed by atoms with E-state index >= 15 is 0 Å². The van der Waals surface area contributed by atoms with Crippen LogP contribution in [0.25, 0.3) is 0 Å². The van der Waals surface area contributed by atoms with Crippen LogP contribution in [0.4, 0.5) is 10.2 Å². The van der Waals surface area contributed by atoms with E-state index in [0.29, 0.717) is 11.4 Å². The molecule has 0 unspecified atom stereocenters. The number of thioether (sulfide) groups is 1. The largest absolute Gasteiger partial charge is 0.386 e. The minimum Gasteiger partial charge on any atom is -0.386 e. The average Bonchev–Trinajstić information content (AvgIpc) is 2.47. The maximum Gasteiger partial charge on any atom is 0.146 e. The van der Waals surface area contributed by atoms with Crippen molar-refractivity contribution in [2.24, 2.45) is 0 Å². The Balaban J connectivity index is 2.06. The van der Waals surface area contributed by atoms with Crippen LogP contribution in [-0.4, -0.2) is 27.4 Å². The topological polar surface area (TPSA) is 58.0 Å². The number of aliphatic hydroxyl groups is 1. The lowest BCUT2D eigenvalue weighted by molar-refractivity contribution is 0.160. The Bertz CT molecular complexity index is 565.